The van der Waals surface area contributed by atoms with Gasteiger partial charge in [0.2, 0.25) is 0 Å². The number of hydrogen-bond acceptors (Lipinski definition) is 2. The van der Waals surface area contributed by atoms with E-state index >= 15 is 0 Å². The molecule has 3 atom stereocenters. The molecule has 88 valence electrons. The second kappa shape index (κ2) is 3.56. The summed E-state index contributed by atoms with van der Waals surface area (Å²) in [4.78, 5) is 0. The summed E-state index contributed by atoms with van der Waals surface area (Å²) in [6.07, 6.45) is 4.28. The first-order valence-corrected chi connectivity index (χ1v) is 7.46. The minimum Gasteiger partial charge on any atom is -0.324 e. The number of rotatable bonds is 2. The van der Waals surface area contributed by atoms with Crippen LogP contribution in [-0.4, -0.2) is 0 Å². The Kier molecular flexibility index (Phi) is 2.12. The number of nitrogens with two attached hydrogens (primary N) is 1. The van der Waals surface area contributed by atoms with Crippen LogP contribution in [-0.2, 0) is 0 Å². The van der Waals surface area contributed by atoms with Gasteiger partial charge >= 0.3 is 0 Å². The van der Waals surface area contributed by atoms with E-state index in [-0.39, 0.29) is 6.04 Å². The molecule has 2 heteroatoms. The Morgan fingerprint density at radius 2 is 1.94 bits per heavy atom. The predicted molar refractivity (Wildman–Crippen MR) is 73.1 cm³/mol. The third kappa shape index (κ3) is 1.40. The van der Waals surface area contributed by atoms with E-state index in [2.05, 4.69) is 29.6 Å². The van der Waals surface area contributed by atoms with Crippen LogP contribution in [0.5, 0.6) is 0 Å². The molecule has 1 nitrogen and oxygen atoms in total. The van der Waals surface area contributed by atoms with Gasteiger partial charge in [-0.15, -0.1) is 11.3 Å². The number of hydrogen-bond donors (Lipinski definition) is 1. The van der Waals surface area contributed by atoms with Crippen molar-refractivity contribution >= 4 is 21.4 Å². The van der Waals surface area contributed by atoms with Crippen LogP contribution in [0, 0.1) is 17.8 Å². The van der Waals surface area contributed by atoms with Crippen molar-refractivity contribution in [1.29, 1.82) is 0 Å². The largest absolute Gasteiger partial charge is 0.324 e. The van der Waals surface area contributed by atoms with Crippen LogP contribution in [0.1, 0.15) is 30.9 Å². The van der Waals surface area contributed by atoms with Crippen molar-refractivity contribution in [3.05, 3.63) is 35.2 Å². The molecule has 1 aromatic carbocycles. The van der Waals surface area contributed by atoms with Gasteiger partial charge in [0.25, 0.3) is 0 Å². The predicted octanol–water partition coefficient (Wildman–Crippen LogP) is 3.95. The molecular formula is C15H17NS. The fourth-order valence-electron chi connectivity index (χ4n) is 3.87. The second-order valence-electron chi connectivity index (χ2n) is 5.55. The van der Waals surface area contributed by atoms with Crippen LogP contribution < -0.4 is 5.73 Å². The first-order valence-electron chi connectivity index (χ1n) is 6.58. The molecule has 4 rings (SSSR count). The van der Waals surface area contributed by atoms with E-state index in [0.717, 1.165) is 17.8 Å². The van der Waals surface area contributed by atoms with Crippen LogP contribution in [0.3, 0.4) is 0 Å². The summed E-state index contributed by atoms with van der Waals surface area (Å²) in [5.41, 5.74) is 7.90. The molecule has 0 bridgehead atoms. The summed E-state index contributed by atoms with van der Waals surface area (Å²) in [6, 6.07) is 8.93. The van der Waals surface area contributed by atoms with E-state index in [1.54, 1.807) is 0 Å². The van der Waals surface area contributed by atoms with Gasteiger partial charge in [-0.1, -0.05) is 24.6 Å². The summed E-state index contributed by atoms with van der Waals surface area (Å²) in [5.74, 6) is 2.68. The summed E-state index contributed by atoms with van der Waals surface area (Å²) < 4.78 is 1.38. The molecule has 2 aliphatic rings. The molecule has 1 aromatic heterocycles. The van der Waals surface area contributed by atoms with E-state index < -0.39 is 0 Å². The van der Waals surface area contributed by atoms with Gasteiger partial charge in [-0.3, -0.25) is 0 Å². The first-order chi connectivity index (χ1) is 8.36. The van der Waals surface area contributed by atoms with Gasteiger partial charge in [-0.2, -0.15) is 0 Å². The highest BCUT2D eigenvalue weighted by Crippen LogP contribution is 2.62. The summed E-state index contributed by atoms with van der Waals surface area (Å²) in [5, 5.41) is 3.67. The zero-order valence-electron chi connectivity index (χ0n) is 9.80. The molecular weight excluding hydrogens is 226 g/mol. The molecule has 2 N–H and O–H groups in total. The quantitative estimate of drug-likeness (QED) is 0.849. The number of benzene rings is 1. The second-order valence-corrected chi connectivity index (χ2v) is 6.46. The Balaban J connectivity index is 1.70. The fourth-order valence-corrected chi connectivity index (χ4v) is 4.88. The average molecular weight is 243 g/mol. The van der Waals surface area contributed by atoms with Gasteiger partial charge in [0, 0.05) is 10.7 Å². The van der Waals surface area contributed by atoms with Gasteiger partial charge in [0.15, 0.2) is 0 Å². The monoisotopic (exact) mass is 243 g/mol. The molecule has 0 saturated heterocycles. The zero-order chi connectivity index (χ0) is 11.4. The molecule has 3 unspecified atom stereocenters. The van der Waals surface area contributed by atoms with Gasteiger partial charge in [0.05, 0.1) is 0 Å². The Morgan fingerprint density at radius 3 is 2.76 bits per heavy atom. The van der Waals surface area contributed by atoms with E-state index in [0.29, 0.717) is 0 Å². The van der Waals surface area contributed by atoms with E-state index in [1.807, 2.05) is 11.3 Å². The van der Waals surface area contributed by atoms with Crippen LogP contribution in [0.4, 0.5) is 0 Å². The van der Waals surface area contributed by atoms with E-state index in [1.165, 1.54) is 34.9 Å². The smallest absolute Gasteiger partial charge is 0.0346 e. The maximum Gasteiger partial charge on any atom is 0.0346 e. The fraction of sp³-hybridized carbons (Fsp3) is 0.467. The average Bonchev–Trinajstić information content (AvgIpc) is 2.77. The molecule has 0 spiro atoms. The van der Waals surface area contributed by atoms with Crippen LogP contribution in [0.2, 0.25) is 0 Å². The van der Waals surface area contributed by atoms with Crippen molar-refractivity contribution in [1.82, 2.24) is 0 Å². The van der Waals surface area contributed by atoms with Crippen LogP contribution in [0.25, 0.3) is 10.1 Å². The molecule has 2 saturated carbocycles. The van der Waals surface area contributed by atoms with E-state index in [4.69, 9.17) is 5.73 Å². The lowest BCUT2D eigenvalue weighted by atomic mass is 9.97. The van der Waals surface area contributed by atoms with Crippen molar-refractivity contribution in [2.45, 2.75) is 25.3 Å². The van der Waals surface area contributed by atoms with Crippen molar-refractivity contribution in [2.75, 3.05) is 0 Å². The number of fused-ring (bicyclic) bond motifs is 2. The molecule has 2 fully saturated rings. The first kappa shape index (κ1) is 10.1. The molecule has 2 aromatic rings. The Morgan fingerprint density at radius 1 is 1.18 bits per heavy atom. The van der Waals surface area contributed by atoms with Gasteiger partial charge in [-0.05, 0) is 53.0 Å². The third-order valence-corrected chi connectivity index (χ3v) is 5.74. The van der Waals surface area contributed by atoms with Gasteiger partial charge < -0.3 is 5.73 Å². The van der Waals surface area contributed by atoms with E-state index in [9.17, 15) is 0 Å². The Labute approximate surface area is 106 Å². The summed E-state index contributed by atoms with van der Waals surface area (Å²) in [6.45, 7) is 0. The lowest BCUT2D eigenvalue weighted by Crippen LogP contribution is -2.14. The van der Waals surface area contributed by atoms with Crippen LogP contribution >= 0.6 is 11.3 Å². The maximum absolute atomic E-state index is 6.51. The molecule has 17 heavy (non-hydrogen) atoms. The topological polar surface area (TPSA) is 26.0 Å². The third-order valence-electron chi connectivity index (χ3n) is 4.76. The molecule has 0 amide bonds. The SMILES string of the molecule is NC(c1csc2ccccc12)C1C2CCCC21. The minimum absolute atomic E-state index is 0.279. The number of thiophene rings is 1. The molecule has 0 radical (unpaired) electrons. The molecule has 1 heterocycles. The van der Waals surface area contributed by atoms with Gasteiger partial charge in [-0.25, -0.2) is 0 Å². The Hall–Kier alpha value is -0.860. The van der Waals surface area contributed by atoms with Gasteiger partial charge in [0.1, 0.15) is 0 Å². The zero-order valence-corrected chi connectivity index (χ0v) is 10.6. The maximum atomic E-state index is 6.51. The highest BCUT2D eigenvalue weighted by Gasteiger charge is 2.55. The summed E-state index contributed by atoms with van der Waals surface area (Å²) >= 11 is 1.84. The van der Waals surface area contributed by atoms with Crippen molar-refractivity contribution in [2.24, 2.45) is 23.5 Å². The Bertz CT molecular complexity index is 549. The van der Waals surface area contributed by atoms with Crippen LogP contribution in [0.15, 0.2) is 29.6 Å². The lowest BCUT2D eigenvalue weighted by Gasteiger charge is -2.13. The minimum atomic E-state index is 0.279. The highest BCUT2D eigenvalue weighted by molar-refractivity contribution is 7.17. The van der Waals surface area contributed by atoms with Crippen molar-refractivity contribution in [3.63, 3.8) is 0 Å². The van der Waals surface area contributed by atoms with Crippen molar-refractivity contribution < 1.29 is 0 Å². The van der Waals surface area contributed by atoms with Crippen molar-refractivity contribution in [3.8, 4) is 0 Å². The normalized spacial score (nSPS) is 32.6. The standard InChI is InChI=1S/C15H17NS/c16-15(14-10-5-3-6-11(10)14)12-8-17-13-7-2-1-4-9(12)13/h1-2,4,7-8,10-11,14-15H,3,5-6,16H2. The lowest BCUT2D eigenvalue weighted by molar-refractivity contribution is 0.505. The highest BCUT2D eigenvalue weighted by atomic mass is 32.1. The molecule has 2 aliphatic carbocycles. The summed E-state index contributed by atoms with van der Waals surface area (Å²) in [7, 11) is 0. The molecule has 0 aliphatic heterocycles.